The first-order valence-corrected chi connectivity index (χ1v) is 8.95. The second kappa shape index (κ2) is 6.64. The molecule has 140 valence electrons. The normalized spacial score (nSPS) is 17.0. The Kier molecular flexibility index (Phi) is 4.30. The Labute approximate surface area is 154 Å². The van der Waals surface area contributed by atoms with Gasteiger partial charge in [0.15, 0.2) is 0 Å². The van der Waals surface area contributed by atoms with E-state index in [0.717, 1.165) is 24.2 Å². The van der Waals surface area contributed by atoms with Gasteiger partial charge in [-0.05, 0) is 49.6 Å². The number of aryl methyl sites for hydroxylation is 1. The fourth-order valence-corrected chi connectivity index (χ4v) is 3.91. The summed E-state index contributed by atoms with van der Waals surface area (Å²) in [5.74, 6) is -1.92. The molecule has 2 aromatic heterocycles. The standard InChI is InChI=1S/C20H19F2N3O2/c1-2-16-19(20(26)27)18-11-13(7-9-25(18)23-16)24-8-3-4-17(24)14-10-12(21)5-6-15(14)22/h5-7,9-11,17H,2-4,8H2,1H3,(H,26,27). The van der Waals surface area contributed by atoms with Crippen molar-refractivity contribution < 1.29 is 18.7 Å². The molecule has 3 heterocycles. The third kappa shape index (κ3) is 2.93. The first kappa shape index (κ1) is 17.5. The minimum absolute atomic E-state index is 0.187. The van der Waals surface area contributed by atoms with E-state index in [1.165, 1.54) is 6.07 Å². The molecule has 4 rings (SSSR count). The largest absolute Gasteiger partial charge is 0.478 e. The number of aromatic carboxylic acids is 1. The predicted molar refractivity (Wildman–Crippen MR) is 97.2 cm³/mol. The molecule has 1 aliphatic rings. The van der Waals surface area contributed by atoms with E-state index in [0.29, 0.717) is 36.2 Å². The minimum atomic E-state index is -1.02. The van der Waals surface area contributed by atoms with Crippen molar-refractivity contribution in [2.75, 3.05) is 11.4 Å². The molecular weight excluding hydrogens is 352 g/mol. The lowest BCUT2D eigenvalue weighted by molar-refractivity contribution is 0.0698. The number of hydrogen-bond donors (Lipinski definition) is 1. The van der Waals surface area contributed by atoms with Crippen LogP contribution < -0.4 is 4.90 Å². The van der Waals surface area contributed by atoms with E-state index < -0.39 is 17.6 Å². The Hall–Kier alpha value is -2.96. The molecule has 5 nitrogen and oxygen atoms in total. The van der Waals surface area contributed by atoms with Crippen LogP contribution >= 0.6 is 0 Å². The number of halogens is 2. The lowest BCUT2D eigenvalue weighted by Crippen LogP contribution is -2.23. The van der Waals surface area contributed by atoms with Crippen molar-refractivity contribution >= 4 is 17.2 Å². The fraction of sp³-hybridized carbons (Fsp3) is 0.300. The molecule has 0 bridgehead atoms. The van der Waals surface area contributed by atoms with Crippen molar-refractivity contribution in [2.24, 2.45) is 0 Å². The van der Waals surface area contributed by atoms with Crippen LogP contribution in [0.4, 0.5) is 14.5 Å². The molecule has 0 saturated carbocycles. The van der Waals surface area contributed by atoms with Crippen molar-refractivity contribution in [1.82, 2.24) is 9.61 Å². The Morgan fingerprint density at radius 3 is 2.85 bits per heavy atom. The summed E-state index contributed by atoms with van der Waals surface area (Å²) in [6, 6.07) is 6.82. The molecule has 27 heavy (non-hydrogen) atoms. The van der Waals surface area contributed by atoms with Gasteiger partial charge >= 0.3 is 5.97 Å². The maximum Gasteiger partial charge on any atom is 0.339 e. The highest BCUT2D eigenvalue weighted by Gasteiger charge is 2.29. The zero-order chi connectivity index (χ0) is 19.1. The van der Waals surface area contributed by atoms with Crippen LogP contribution in [0.2, 0.25) is 0 Å². The van der Waals surface area contributed by atoms with Crippen LogP contribution in [-0.2, 0) is 6.42 Å². The van der Waals surface area contributed by atoms with Gasteiger partial charge in [-0.15, -0.1) is 0 Å². The van der Waals surface area contributed by atoms with Gasteiger partial charge in [-0.2, -0.15) is 5.10 Å². The first-order chi connectivity index (χ1) is 13.0. The van der Waals surface area contributed by atoms with E-state index in [9.17, 15) is 18.7 Å². The highest BCUT2D eigenvalue weighted by Crippen LogP contribution is 2.38. The molecule has 3 aromatic rings. The number of fused-ring (bicyclic) bond motifs is 1. The third-order valence-electron chi connectivity index (χ3n) is 5.14. The number of pyridine rings is 1. The summed E-state index contributed by atoms with van der Waals surface area (Å²) in [5, 5.41) is 13.9. The Morgan fingerprint density at radius 1 is 1.30 bits per heavy atom. The Balaban J connectivity index is 1.80. The lowest BCUT2D eigenvalue weighted by Gasteiger charge is -2.27. The average Bonchev–Trinajstić information content (AvgIpc) is 3.27. The molecule has 1 unspecified atom stereocenters. The van der Waals surface area contributed by atoms with Gasteiger partial charge in [-0.1, -0.05) is 6.92 Å². The molecule has 1 aromatic carbocycles. The minimum Gasteiger partial charge on any atom is -0.478 e. The Morgan fingerprint density at radius 2 is 2.11 bits per heavy atom. The maximum absolute atomic E-state index is 14.3. The van der Waals surface area contributed by atoms with Crippen molar-refractivity contribution in [3.8, 4) is 0 Å². The van der Waals surface area contributed by atoms with E-state index in [1.54, 1.807) is 16.8 Å². The molecule has 0 amide bonds. The zero-order valence-corrected chi connectivity index (χ0v) is 14.8. The number of benzene rings is 1. The van der Waals surface area contributed by atoms with Gasteiger partial charge in [0.05, 0.1) is 17.3 Å². The van der Waals surface area contributed by atoms with Gasteiger partial charge in [0, 0.05) is 24.0 Å². The summed E-state index contributed by atoms with van der Waals surface area (Å²) >= 11 is 0. The summed E-state index contributed by atoms with van der Waals surface area (Å²) in [6.45, 7) is 2.55. The van der Waals surface area contributed by atoms with Crippen molar-refractivity contribution in [2.45, 2.75) is 32.2 Å². The summed E-state index contributed by atoms with van der Waals surface area (Å²) < 4.78 is 29.5. The van der Waals surface area contributed by atoms with Gasteiger partial charge in [-0.3, -0.25) is 0 Å². The van der Waals surface area contributed by atoms with E-state index in [1.807, 2.05) is 17.9 Å². The number of anilines is 1. The monoisotopic (exact) mass is 371 g/mol. The van der Waals surface area contributed by atoms with Crippen molar-refractivity contribution in [1.29, 1.82) is 0 Å². The van der Waals surface area contributed by atoms with Gasteiger partial charge in [0.1, 0.15) is 17.2 Å². The summed E-state index contributed by atoms with van der Waals surface area (Å²) in [7, 11) is 0. The number of rotatable bonds is 4. The summed E-state index contributed by atoms with van der Waals surface area (Å²) in [5.41, 5.74) is 2.32. The predicted octanol–water partition coefficient (Wildman–Crippen LogP) is 4.21. The molecule has 0 spiro atoms. The van der Waals surface area contributed by atoms with E-state index >= 15 is 0 Å². The van der Waals surface area contributed by atoms with Crippen LogP contribution in [-0.4, -0.2) is 27.2 Å². The summed E-state index contributed by atoms with van der Waals surface area (Å²) in [6.07, 6.45) is 3.78. The Bertz CT molecular complexity index is 1030. The summed E-state index contributed by atoms with van der Waals surface area (Å²) in [4.78, 5) is 13.7. The van der Waals surface area contributed by atoms with E-state index in [2.05, 4.69) is 5.10 Å². The molecular formula is C20H19F2N3O2. The third-order valence-corrected chi connectivity index (χ3v) is 5.14. The number of nitrogens with zero attached hydrogens (tertiary/aromatic N) is 3. The molecule has 7 heteroatoms. The number of carboxylic acid groups (broad SMARTS) is 1. The number of carboxylic acids is 1. The average molecular weight is 371 g/mol. The lowest BCUT2D eigenvalue weighted by atomic mass is 10.0. The molecule has 0 aliphatic carbocycles. The van der Waals surface area contributed by atoms with E-state index in [-0.39, 0.29) is 11.6 Å². The van der Waals surface area contributed by atoms with Crippen LogP contribution in [0.3, 0.4) is 0 Å². The number of hydrogen-bond acceptors (Lipinski definition) is 3. The molecule has 1 N–H and O–H groups in total. The maximum atomic E-state index is 14.3. The second-order valence-corrected chi connectivity index (χ2v) is 6.71. The number of aromatic nitrogens is 2. The quantitative estimate of drug-likeness (QED) is 0.746. The molecule has 1 saturated heterocycles. The van der Waals surface area contributed by atoms with E-state index in [4.69, 9.17) is 0 Å². The van der Waals surface area contributed by atoms with Gasteiger partial charge < -0.3 is 10.0 Å². The highest BCUT2D eigenvalue weighted by molar-refractivity contribution is 5.97. The van der Waals surface area contributed by atoms with Gasteiger partial charge in [0.2, 0.25) is 0 Å². The first-order valence-electron chi connectivity index (χ1n) is 8.95. The van der Waals surface area contributed by atoms with Crippen LogP contribution in [0.25, 0.3) is 5.52 Å². The molecule has 1 atom stereocenters. The van der Waals surface area contributed by atoms with Crippen LogP contribution in [0.1, 0.15) is 47.4 Å². The van der Waals surface area contributed by atoms with Crippen LogP contribution in [0, 0.1) is 11.6 Å². The van der Waals surface area contributed by atoms with Crippen LogP contribution in [0.15, 0.2) is 36.5 Å². The topological polar surface area (TPSA) is 57.8 Å². The number of carbonyl (C=O) groups is 1. The van der Waals surface area contributed by atoms with Gasteiger partial charge in [0.25, 0.3) is 0 Å². The molecule has 0 radical (unpaired) electrons. The second-order valence-electron chi connectivity index (χ2n) is 6.71. The zero-order valence-electron chi connectivity index (χ0n) is 14.8. The molecule has 1 fully saturated rings. The van der Waals surface area contributed by atoms with Crippen molar-refractivity contribution in [3.63, 3.8) is 0 Å². The van der Waals surface area contributed by atoms with Gasteiger partial charge in [-0.25, -0.2) is 18.1 Å². The SMILES string of the molecule is CCc1nn2ccc(N3CCCC3c3cc(F)ccc3F)cc2c1C(=O)O. The molecule has 1 aliphatic heterocycles. The highest BCUT2D eigenvalue weighted by atomic mass is 19.1. The smallest absolute Gasteiger partial charge is 0.339 e. The fourth-order valence-electron chi connectivity index (χ4n) is 3.91. The van der Waals surface area contributed by atoms with Crippen molar-refractivity contribution in [3.05, 3.63) is 65.0 Å². The van der Waals surface area contributed by atoms with Crippen LogP contribution in [0.5, 0.6) is 0 Å².